The number of pyridine rings is 1. The third-order valence-electron chi connectivity index (χ3n) is 1.31. The summed E-state index contributed by atoms with van der Waals surface area (Å²) in [5, 5.41) is 0.640. The lowest BCUT2D eigenvalue weighted by Crippen LogP contribution is -2.05. The third-order valence-corrected chi connectivity index (χ3v) is 1.53. The molecule has 0 atom stereocenters. The summed E-state index contributed by atoms with van der Waals surface area (Å²) >= 11 is 5.76. The van der Waals surface area contributed by atoms with Gasteiger partial charge in [0.1, 0.15) is 0 Å². The Labute approximate surface area is 70.4 Å². The molecule has 3 nitrogen and oxygen atoms in total. The fraction of sp³-hybridized carbons (Fsp3) is 0.286. The predicted octanol–water partition coefficient (Wildman–Crippen LogP) is 0.652. The molecule has 4 heteroatoms. The van der Waals surface area contributed by atoms with E-state index in [0.717, 1.165) is 11.4 Å². The molecule has 0 amide bonds. The van der Waals surface area contributed by atoms with Crippen molar-refractivity contribution in [1.29, 1.82) is 0 Å². The van der Waals surface area contributed by atoms with E-state index in [1.165, 1.54) is 0 Å². The molecule has 1 aromatic rings. The molecule has 0 aliphatic heterocycles. The van der Waals surface area contributed by atoms with E-state index in [0.29, 0.717) is 18.1 Å². The van der Waals surface area contributed by atoms with Gasteiger partial charge in [0.2, 0.25) is 0 Å². The van der Waals surface area contributed by atoms with Crippen LogP contribution in [0.3, 0.4) is 0 Å². The lowest BCUT2D eigenvalue weighted by atomic mass is 10.3. The van der Waals surface area contributed by atoms with Crippen molar-refractivity contribution in [2.24, 2.45) is 11.5 Å². The minimum atomic E-state index is 0.396. The molecule has 0 saturated heterocycles. The maximum atomic E-state index is 5.76. The van der Waals surface area contributed by atoms with Crippen molar-refractivity contribution in [2.45, 2.75) is 13.1 Å². The van der Waals surface area contributed by atoms with Crippen molar-refractivity contribution in [3.63, 3.8) is 0 Å². The van der Waals surface area contributed by atoms with Crippen LogP contribution in [-0.2, 0) is 13.1 Å². The summed E-state index contributed by atoms with van der Waals surface area (Å²) in [5.74, 6) is 0. The zero-order valence-corrected chi connectivity index (χ0v) is 6.80. The Hall–Kier alpha value is -0.640. The van der Waals surface area contributed by atoms with Gasteiger partial charge >= 0.3 is 0 Å². The molecule has 11 heavy (non-hydrogen) atoms. The summed E-state index contributed by atoms with van der Waals surface area (Å²) in [6.07, 6.45) is 0. The number of hydrogen-bond acceptors (Lipinski definition) is 3. The molecule has 0 saturated carbocycles. The van der Waals surface area contributed by atoms with E-state index in [1.807, 2.05) is 0 Å². The molecule has 1 rings (SSSR count). The fourth-order valence-electron chi connectivity index (χ4n) is 0.818. The molecule has 0 aromatic carbocycles. The van der Waals surface area contributed by atoms with Crippen LogP contribution in [0.15, 0.2) is 12.1 Å². The fourth-order valence-corrected chi connectivity index (χ4v) is 1.07. The van der Waals surface area contributed by atoms with E-state index in [4.69, 9.17) is 23.1 Å². The minimum absolute atomic E-state index is 0.396. The molecule has 4 N–H and O–H groups in total. The topological polar surface area (TPSA) is 64.9 Å². The standard InChI is InChI=1S/C7H10ClN3/c8-5-1-6(3-9)11-7(2-5)4-10/h1-2H,3-4,9-10H2. The van der Waals surface area contributed by atoms with Crippen molar-refractivity contribution in [1.82, 2.24) is 4.98 Å². The van der Waals surface area contributed by atoms with Crippen LogP contribution in [0, 0.1) is 0 Å². The van der Waals surface area contributed by atoms with Crippen LogP contribution in [0.25, 0.3) is 0 Å². The minimum Gasteiger partial charge on any atom is -0.325 e. The van der Waals surface area contributed by atoms with Crippen LogP contribution in [-0.4, -0.2) is 4.98 Å². The van der Waals surface area contributed by atoms with E-state index in [2.05, 4.69) is 4.98 Å². The summed E-state index contributed by atoms with van der Waals surface area (Å²) in [4.78, 5) is 4.14. The Bertz CT molecular complexity index is 227. The zero-order chi connectivity index (χ0) is 8.27. The number of halogens is 1. The van der Waals surface area contributed by atoms with Crippen molar-refractivity contribution in [3.05, 3.63) is 28.5 Å². The second kappa shape index (κ2) is 3.67. The number of nitrogens with zero attached hydrogens (tertiary/aromatic N) is 1. The molecular weight excluding hydrogens is 162 g/mol. The summed E-state index contributed by atoms with van der Waals surface area (Å²) in [6, 6.07) is 3.47. The summed E-state index contributed by atoms with van der Waals surface area (Å²) < 4.78 is 0. The van der Waals surface area contributed by atoms with Gasteiger partial charge in [0.15, 0.2) is 0 Å². The van der Waals surface area contributed by atoms with Crippen LogP contribution >= 0.6 is 11.6 Å². The molecule has 0 fully saturated rings. The Morgan fingerprint density at radius 3 is 2.00 bits per heavy atom. The number of aromatic nitrogens is 1. The van der Waals surface area contributed by atoms with Gasteiger partial charge in [-0.25, -0.2) is 0 Å². The lowest BCUT2D eigenvalue weighted by Gasteiger charge is -2.00. The van der Waals surface area contributed by atoms with E-state index in [-0.39, 0.29) is 0 Å². The average molecular weight is 172 g/mol. The summed E-state index contributed by atoms with van der Waals surface area (Å²) in [5.41, 5.74) is 12.3. The van der Waals surface area contributed by atoms with Crippen molar-refractivity contribution in [2.75, 3.05) is 0 Å². The van der Waals surface area contributed by atoms with E-state index < -0.39 is 0 Å². The first kappa shape index (κ1) is 8.46. The Morgan fingerprint density at radius 1 is 1.18 bits per heavy atom. The highest BCUT2D eigenvalue weighted by Crippen LogP contribution is 2.10. The van der Waals surface area contributed by atoms with Gasteiger partial charge in [-0.15, -0.1) is 0 Å². The molecule has 1 aromatic heterocycles. The summed E-state index contributed by atoms with van der Waals surface area (Å²) in [6.45, 7) is 0.793. The smallest absolute Gasteiger partial charge is 0.0558 e. The Balaban J connectivity index is 3.02. The van der Waals surface area contributed by atoms with Gasteiger partial charge in [0, 0.05) is 18.1 Å². The SMILES string of the molecule is NCc1cc(Cl)cc(CN)n1. The second-order valence-corrected chi connectivity index (χ2v) is 2.61. The maximum Gasteiger partial charge on any atom is 0.0558 e. The van der Waals surface area contributed by atoms with Gasteiger partial charge in [-0.05, 0) is 12.1 Å². The average Bonchev–Trinajstić information content (AvgIpc) is 2.03. The molecule has 0 bridgehead atoms. The van der Waals surface area contributed by atoms with Crippen LogP contribution in [0.4, 0.5) is 0 Å². The van der Waals surface area contributed by atoms with Gasteiger partial charge in [0.25, 0.3) is 0 Å². The molecule has 60 valence electrons. The maximum absolute atomic E-state index is 5.76. The van der Waals surface area contributed by atoms with E-state index >= 15 is 0 Å². The second-order valence-electron chi connectivity index (χ2n) is 2.18. The largest absolute Gasteiger partial charge is 0.325 e. The zero-order valence-electron chi connectivity index (χ0n) is 6.05. The summed E-state index contributed by atoms with van der Waals surface area (Å²) in [7, 11) is 0. The Kier molecular flexibility index (Phi) is 2.82. The normalized spacial score (nSPS) is 10.1. The molecule has 0 aliphatic rings. The van der Waals surface area contributed by atoms with Crippen molar-refractivity contribution >= 4 is 11.6 Å². The molecule has 1 heterocycles. The van der Waals surface area contributed by atoms with Crippen molar-refractivity contribution < 1.29 is 0 Å². The third kappa shape index (κ3) is 2.15. The highest BCUT2D eigenvalue weighted by molar-refractivity contribution is 6.30. The lowest BCUT2D eigenvalue weighted by molar-refractivity contribution is 0.916. The van der Waals surface area contributed by atoms with Gasteiger partial charge in [-0.3, -0.25) is 4.98 Å². The van der Waals surface area contributed by atoms with Crippen LogP contribution in [0.1, 0.15) is 11.4 Å². The van der Waals surface area contributed by atoms with Crippen LogP contribution in [0.5, 0.6) is 0 Å². The molecule has 0 radical (unpaired) electrons. The van der Waals surface area contributed by atoms with Gasteiger partial charge < -0.3 is 11.5 Å². The molecular formula is C7H10ClN3. The van der Waals surface area contributed by atoms with E-state index in [1.54, 1.807) is 12.1 Å². The van der Waals surface area contributed by atoms with Crippen LogP contribution < -0.4 is 11.5 Å². The first-order valence-electron chi connectivity index (χ1n) is 3.31. The first-order valence-corrected chi connectivity index (χ1v) is 3.69. The van der Waals surface area contributed by atoms with Gasteiger partial charge in [0.05, 0.1) is 11.4 Å². The van der Waals surface area contributed by atoms with Crippen molar-refractivity contribution in [3.8, 4) is 0 Å². The monoisotopic (exact) mass is 171 g/mol. The molecule has 0 unspecified atom stereocenters. The number of nitrogens with two attached hydrogens (primary N) is 2. The van der Waals surface area contributed by atoms with Crippen LogP contribution in [0.2, 0.25) is 5.02 Å². The number of hydrogen-bond donors (Lipinski definition) is 2. The number of rotatable bonds is 2. The highest BCUT2D eigenvalue weighted by atomic mass is 35.5. The molecule has 0 spiro atoms. The molecule has 0 aliphatic carbocycles. The Morgan fingerprint density at radius 2 is 1.64 bits per heavy atom. The quantitative estimate of drug-likeness (QED) is 0.687. The predicted molar refractivity (Wildman–Crippen MR) is 45.0 cm³/mol. The highest BCUT2D eigenvalue weighted by Gasteiger charge is 1.97. The van der Waals surface area contributed by atoms with Gasteiger partial charge in [-0.2, -0.15) is 0 Å². The van der Waals surface area contributed by atoms with E-state index in [9.17, 15) is 0 Å². The van der Waals surface area contributed by atoms with Gasteiger partial charge in [-0.1, -0.05) is 11.6 Å². The first-order chi connectivity index (χ1) is 5.26.